The van der Waals surface area contributed by atoms with E-state index in [2.05, 4.69) is 53.2 Å². The number of hydrogen-bond donors (Lipinski definition) is 0. The van der Waals surface area contributed by atoms with Crippen molar-refractivity contribution in [2.75, 3.05) is 24.0 Å². The second-order valence-electron chi connectivity index (χ2n) is 4.15. The van der Waals surface area contributed by atoms with E-state index in [9.17, 15) is 0 Å². The normalized spacial score (nSPS) is 12.5. The molecule has 1 aromatic carbocycles. The first-order valence-corrected chi connectivity index (χ1v) is 8.55. The van der Waals surface area contributed by atoms with Crippen molar-refractivity contribution in [3.05, 3.63) is 28.8 Å². The van der Waals surface area contributed by atoms with Gasteiger partial charge in [-0.1, -0.05) is 33.6 Å². The van der Waals surface area contributed by atoms with Crippen LogP contribution in [0.1, 0.15) is 18.9 Å². The summed E-state index contributed by atoms with van der Waals surface area (Å²) in [7, 11) is 2.13. The number of hydrogen-bond acceptors (Lipinski definition) is 2. The van der Waals surface area contributed by atoms with Gasteiger partial charge in [0.2, 0.25) is 0 Å². The number of thioether (sulfide) groups is 1. The molecule has 17 heavy (non-hydrogen) atoms. The molecule has 1 rings (SSSR count). The highest BCUT2D eigenvalue weighted by Gasteiger charge is 2.11. The van der Waals surface area contributed by atoms with Crippen LogP contribution in [0.4, 0.5) is 5.69 Å². The Kier molecular flexibility index (Phi) is 6.75. The molecule has 0 aliphatic carbocycles. The molecule has 0 radical (unpaired) electrons. The van der Waals surface area contributed by atoms with Gasteiger partial charge in [0.25, 0.3) is 0 Å². The summed E-state index contributed by atoms with van der Waals surface area (Å²) in [4.78, 5) is 2.29. The quantitative estimate of drug-likeness (QED) is 0.686. The van der Waals surface area contributed by atoms with Crippen molar-refractivity contribution in [3.8, 4) is 0 Å². The number of alkyl halides is 1. The highest BCUT2D eigenvalue weighted by Crippen LogP contribution is 2.26. The third-order valence-corrected chi connectivity index (χ3v) is 4.59. The highest BCUT2D eigenvalue weighted by atomic mass is 79.9. The van der Waals surface area contributed by atoms with Crippen LogP contribution >= 0.6 is 39.3 Å². The Morgan fingerprint density at radius 2 is 2.18 bits per heavy atom. The van der Waals surface area contributed by atoms with E-state index in [-0.39, 0.29) is 0 Å². The van der Waals surface area contributed by atoms with Crippen LogP contribution in [0.2, 0.25) is 5.02 Å². The van der Waals surface area contributed by atoms with Crippen molar-refractivity contribution in [1.82, 2.24) is 0 Å². The molecule has 0 amide bonds. The van der Waals surface area contributed by atoms with Gasteiger partial charge in [-0.2, -0.15) is 11.8 Å². The van der Waals surface area contributed by atoms with Gasteiger partial charge in [-0.25, -0.2) is 0 Å². The summed E-state index contributed by atoms with van der Waals surface area (Å²) in [5, 5.41) is 1.64. The van der Waals surface area contributed by atoms with E-state index in [0.717, 1.165) is 15.9 Å². The smallest absolute Gasteiger partial charge is 0.0467 e. The Balaban J connectivity index is 2.74. The van der Waals surface area contributed by atoms with Crippen LogP contribution in [0.3, 0.4) is 0 Å². The number of rotatable bonds is 6. The average molecular weight is 337 g/mol. The zero-order valence-corrected chi connectivity index (χ0v) is 13.7. The fourth-order valence-electron chi connectivity index (χ4n) is 1.60. The van der Waals surface area contributed by atoms with Gasteiger partial charge >= 0.3 is 0 Å². The van der Waals surface area contributed by atoms with Gasteiger partial charge in [-0.3, -0.25) is 0 Å². The lowest BCUT2D eigenvalue weighted by molar-refractivity contribution is 0.669. The molecule has 1 aromatic rings. The summed E-state index contributed by atoms with van der Waals surface area (Å²) in [5.41, 5.74) is 2.33. The maximum Gasteiger partial charge on any atom is 0.0467 e. The van der Waals surface area contributed by atoms with Crippen molar-refractivity contribution in [3.63, 3.8) is 0 Å². The van der Waals surface area contributed by atoms with Crippen LogP contribution in [0, 0.1) is 0 Å². The lowest BCUT2D eigenvalue weighted by atomic mass is 10.1. The van der Waals surface area contributed by atoms with Gasteiger partial charge in [0.1, 0.15) is 0 Å². The minimum absolute atomic E-state index is 0.535. The molecule has 1 atom stereocenters. The molecule has 0 N–H and O–H groups in total. The van der Waals surface area contributed by atoms with Crippen molar-refractivity contribution in [2.45, 2.75) is 24.7 Å². The predicted octanol–water partition coefficient (Wildman–Crippen LogP) is 4.81. The van der Waals surface area contributed by atoms with Gasteiger partial charge < -0.3 is 4.90 Å². The van der Waals surface area contributed by atoms with Gasteiger partial charge in [-0.15, -0.1) is 0 Å². The van der Waals surface area contributed by atoms with E-state index in [1.165, 1.54) is 17.9 Å². The molecule has 0 bridgehead atoms. The van der Waals surface area contributed by atoms with E-state index >= 15 is 0 Å². The first kappa shape index (κ1) is 15.2. The summed E-state index contributed by atoms with van der Waals surface area (Å²) in [6.45, 7) is 2.25. The topological polar surface area (TPSA) is 3.24 Å². The predicted molar refractivity (Wildman–Crippen MR) is 84.9 cm³/mol. The van der Waals surface area contributed by atoms with Gasteiger partial charge in [-0.05, 0) is 43.0 Å². The third-order valence-electron chi connectivity index (χ3n) is 2.99. The average Bonchev–Trinajstić information content (AvgIpc) is 2.34. The highest BCUT2D eigenvalue weighted by molar-refractivity contribution is 9.08. The van der Waals surface area contributed by atoms with Gasteiger partial charge in [0, 0.05) is 29.1 Å². The molecule has 0 heterocycles. The zero-order valence-electron chi connectivity index (χ0n) is 10.5. The number of nitrogens with zero attached hydrogens (tertiary/aromatic N) is 1. The lowest BCUT2D eigenvalue weighted by Crippen LogP contribution is -2.29. The fourth-order valence-corrected chi connectivity index (χ4v) is 3.07. The summed E-state index contributed by atoms with van der Waals surface area (Å²) in [5.74, 6) is 1.19. The van der Waals surface area contributed by atoms with Gasteiger partial charge in [0.15, 0.2) is 0 Å². The SMILES string of the molecule is CSCCC(C)N(C)c1ccc(CBr)c(Cl)c1. The minimum Gasteiger partial charge on any atom is -0.372 e. The molecule has 0 aromatic heterocycles. The molecule has 0 aliphatic rings. The maximum atomic E-state index is 6.22. The van der Waals surface area contributed by atoms with Crippen molar-refractivity contribution in [2.24, 2.45) is 0 Å². The fraction of sp³-hybridized carbons (Fsp3) is 0.538. The molecule has 0 fully saturated rings. The van der Waals surface area contributed by atoms with E-state index in [1.807, 2.05) is 17.8 Å². The van der Waals surface area contributed by atoms with Crippen molar-refractivity contribution in [1.29, 1.82) is 0 Å². The molecule has 1 nitrogen and oxygen atoms in total. The molecule has 0 aliphatic heterocycles. The van der Waals surface area contributed by atoms with Crippen LogP contribution in [-0.2, 0) is 5.33 Å². The first-order chi connectivity index (χ1) is 8.10. The van der Waals surface area contributed by atoms with E-state index in [1.54, 1.807) is 0 Å². The van der Waals surface area contributed by atoms with E-state index in [0.29, 0.717) is 6.04 Å². The van der Waals surface area contributed by atoms with Crippen LogP contribution in [0.25, 0.3) is 0 Å². The Labute approximate surface area is 122 Å². The number of anilines is 1. The second kappa shape index (κ2) is 7.55. The molecule has 0 saturated heterocycles. The summed E-state index contributed by atoms with van der Waals surface area (Å²) in [6.07, 6.45) is 3.34. The van der Waals surface area contributed by atoms with E-state index in [4.69, 9.17) is 11.6 Å². The Morgan fingerprint density at radius 1 is 1.47 bits per heavy atom. The van der Waals surface area contributed by atoms with Crippen LogP contribution < -0.4 is 4.90 Å². The Hall–Kier alpha value is 0.140. The van der Waals surface area contributed by atoms with Crippen LogP contribution in [0.5, 0.6) is 0 Å². The summed E-state index contributed by atoms with van der Waals surface area (Å²) >= 11 is 11.5. The van der Waals surface area contributed by atoms with Crippen molar-refractivity contribution >= 4 is 45.0 Å². The number of benzene rings is 1. The maximum absolute atomic E-state index is 6.22. The molecule has 4 heteroatoms. The Bertz CT molecular complexity index is 359. The summed E-state index contributed by atoms with van der Waals surface area (Å²) < 4.78 is 0. The lowest BCUT2D eigenvalue weighted by Gasteiger charge is -2.27. The third kappa shape index (κ3) is 4.38. The largest absolute Gasteiger partial charge is 0.372 e. The monoisotopic (exact) mass is 335 g/mol. The molecule has 1 unspecified atom stereocenters. The molecule has 0 saturated carbocycles. The van der Waals surface area contributed by atoms with E-state index < -0.39 is 0 Å². The molecule has 96 valence electrons. The number of halogens is 2. The van der Waals surface area contributed by atoms with Crippen LogP contribution in [-0.4, -0.2) is 25.1 Å². The van der Waals surface area contributed by atoms with Gasteiger partial charge in [0.05, 0.1) is 0 Å². The summed E-state index contributed by atoms with van der Waals surface area (Å²) in [6, 6.07) is 6.81. The molecular weight excluding hydrogens is 318 g/mol. The van der Waals surface area contributed by atoms with Crippen LogP contribution in [0.15, 0.2) is 18.2 Å². The minimum atomic E-state index is 0.535. The Morgan fingerprint density at radius 3 is 2.71 bits per heavy atom. The standard InChI is InChI=1S/C13H19BrClNS/c1-10(6-7-17-3)16(2)12-5-4-11(9-14)13(15)8-12/h4-5,8,10H,6-7,9H2,1-3H3. The molecule has 0 spiro atoms. The second-order valence-corrected chi connectivity index (χ2v) is 6.10. The van der Waals surface area contributed by atoms with Crippen molar-refractivity contribution < 1.29 is 0 Å². The zero-order chi connectivity index (χ0) is 12.8. The molecular formula is C13H19BrClNS. The first-order valence-electron chi connectivity index (χ1n) is 5.66.